The summed E-state index contributed by atoms with van der Waals surface area (Å²) in [6.45, 7) is 9.66. The van der Waals surface area contributed by atoms with Crippen molar-refractivity contribution in [3.63, 3.8) is 0 Å². The van der Waals surface area contributed by atoms with Crippen molar-refractivity contribution in [2.75, 3.05) is 16.8 Å². The summed E-state index contributed by atoms with van der Waals surface area (Å²) in [4.78, 5) is 42.0. The van der Waals surface area contributed by atoms with E-state index in [0.717, 1.165) is 28.7 Å². The van der Waals surface area contributed by atoms with Crippen LogP contribution in [0, 0.1) is 13.8 Å². The second-order valence-corrected chi connectivity index (χ2v) is 11.6. The first-order chi connectivity index (χ1) is 19.0. The lowest BCUT2D eigenvalue weighted by molar-refractivity contribution is -0.125. The lowest BCUT2D eigenvalue weighted by Crippen LogP contribution is -2.53. The van der Waals surface area contributed by atoms with Gasteiger partial charge in [-0.3, -0.25) is 9.59 Å². The highest BCUT2D eigenvalue weighted by atomic mass is 35.5. The summed E-state index contributed by atoms with van der Waals surface area (Å²) in [6, 6.07) is 19.5. The monoisotopic (exact) mass is 560 g/mol. The van der Waals surface area contributed by atoms with Gasteiger partial charge in [-0.05, 0) is 87.6 Å². The van der Waals surface area contributed by atoms with Crippen molar-refractivity contribution in [3.8, 4) is 0 Å². The number of benzene rings is 3. The van der Waals surface area contributed by atoms with E-state index in [1.165, 1.54) is 4.90 Å². The number of fused-ring (bicyclic) bond motifs is 1. The van der Waals surface area contributed by atoms with Crippen LogP contribution in [0.4, 0.5) is 16.2 Å². The Bertz CT molecular complexity index is 1390. The number of carbonyl (C=O) groups is 3. The van der Waals surface area contributed by atoms with E-state index in [2.05, 4.69) is 16.0 Å². The molecule has 0 saturated heterocycles. The van der Waals surface area contributed by atoms with Crippen molar-refractivity contribution in [1.29, 1.82) is 0 Å². The molecule has 2 atom stereocenters. The summed E-state index contributed by atoms with van der Waals surface area (Å²) in [5.74, 6) is -0.825. The van der Waals surface area contributed by atoms with Gasteiger partial charge in [0, 0.05) is 27.9 Å². The third kappa shape index (κ3) is 7.02. The maximum atomic E-state index is 14.1. The van der Waals surface area contributed by atoms with Crippen LogP contribution in [0.25, 0.3) is 0 Å². The smallest absolute Gasteiger partial charge is 0.319 e. The summed E-state index contributed by atoms with van der Waals surface area (Å²) < 4.78 is 0. The zero-order chi connectivity index (χ0) is 29.0. The van der Waals surface area contributed by atoms with E-state index in [4.69, 9.17) is 11.6 Å². The SMILES string of the molecule is CCC(C)(C)NC(=O)CN1C(=O)C(NC(=O)Nc2ccc(C)cc2)CC(c2ccc(Cl)cc2)c2ccc(C)cc21. The predicted molar refractivity (Wildman–Crippen MR) is 161 cm³/mol. The highest BCUT2D eigenvalue weighted by Gasteiger charge is 2.38. The Morgan fingerprint density at radius 3 is 2.27 bits per heavy atom. The van der Waals surface area contributed by atoms with Gasteiger partial charge in [-0.25, -0.2) is 4.79 Å². The number of aryl methyl sites for hydroxylation is 2. The van der Waals surface area contributed by atoms with E-state index in [1.54, 1.807) is 0 Å². The van der Waals surface area contributed by atoms with Gasteiger partial charge in [0.05, 0.1) is 0 Å². The highest BCUT2D eigenvalue weighted by molar-refractivity contribution is 6.30. The van der Waals surface area contributed by atoms with Crippen LogP contribution in [0.2, 0.25) is 5.02 Å². The van der Waals surface area contributed by atoms with Crippen LogP contribution in [-0.4, -0.2) is 36.0 Å². The number of hydrogen-bond acceptors (Lipinski definition) is 3. The average molecular weight is 561 g/mol. The van der Waals surface area contributed by atoms with Gasteiger partial charge in [0.1, 0.15) is 12.6 Å². The summed E-state index contributed by atoms with van der Waals surface area (Å²) in [5, 5.41) is 9.37. The molecule has 0 aromatic heterocycles. The normalized spacial score (nSPS) is 17.1. The first-order valence-electron chi connectivity index (χ1n) is 13.6. The van der Waals surface area contributed by atoms with Gasteiger partial charge in [-0.1, -0.05) is 60.5 Å². The van der Waals surface area contributed by atoms with Crippen LogP contribution < -0.4 is 20.9 Å². The molecule has 0 radical (unpaired) electrons. The Morgan fingerprint density at radius 2 is 1.62 bits per heavy atom. The van der Waals surface area contributed by atoms with Gasteiger partial charge >= 0.3 is 6.03 Å². The number of nitrogens with one attached hydrogen (secondary N) is 3. The summed E-state index contributed by atoms with van der Waals surface area (Å²) in [5.41, 5.74) is 4.78. The second kappa shape index (κ2) is 12.1. The number of urea groups is 1. The number of halogens is 1. The Kier molecular flexibility index (Phi) is 8.84. The van der Waals surface area contributed by atoms with E-state index in [0.29, 0.717) is 22.8 Å². The van der Waals surface area contributed by atoms with E-state index in [-0.39, 0.29) is 24.3 Å². The number of anilines is 2. The largest absolute Gasteiger partial charge is 0.350 e. The molecular formula is C32H37ClN4O3. The molecule has 7 nitrogen and oxygen atoms in total. The van der Waals surface area contributed by atoms with Crippen molar-refractivity contribution in [1.82, 2.24) is 10.6 Å². The molecule has 40 heavy (non-hydrogen) atoms. The molecule has 0 bridgehead atoms. The maximum absolute atomic E-state index is 14.1. The molecule has 3 aromatic carbocycles. The lowest BCUT2D eigenvalue weighted by atomic mass is 9.85. The minimum absolute atomic E-state index is 0.163. The van der Waals surface area contributed by atoms with E-state index >= 15 is 0 Å². The molecule has 0 spiro atoms. The van der Waals surface area contributed by atoms with Gasteiger partial charge < -0.3 is 20.9 Å². The third-order valence-electron chi connectivity index (χ3n) is 7.44. The average Bonchev–Trinajstić information content (AvgIpc) is 3.00. The Balaban J connectivity index is 1.72. The van der Waals surface area contributed by atoms with E-state index in [9.17, 15) is 14.4 Å². The quantitative estimate of drug-likeness (QED) is 0.316. The summed E-state index contributed by atoms with van der Waals surface area (Å²) >= 11 is 6.18. The van der Waals surface area contributed by atoms with Crippen LogP contribution in [-0.2, 0) is 9.59 Å². The topological polar surface area (TPSA) is 90.5 Å². The zero-order valence-corrected chi connectivity index (χ0v) is 24.4. The van der Waals surface area contributed by atoms with Gasteiger partial charge in [0.2, 0.25) is 11.8 Å². The Morgan fingerprint density at radius 1 is 0.975 bits per heavy atom. The van der Waals surface area contributed by atoms with Crippen LogP contribution in [0.15, 0.2) is 66.7 Å². The van der Waals surface area contributed by atoms with Crippen molar-refractivity contribution in [2.24, 2.45) is 0 Å². The molecule has 0 saturated carbocycles. The number of hydrogen-bond donors (Lipinski definition) is 3. The molecule has 1 aliphatic heterocycles. The lowest BCUT2D eigenvalue weighted by Gasteiger charge is -2.29. The van der Waals surface area contributed by atoms with Crippen molar-refractivity contribution < 1.29 is 14.4 Å². The summed E-state index contributed by atoms with van der Waals surface area (Å²) in [7, 11) is 0. The van der Waals surface area contributed by atoms with Crippen molar-refractivity contribution in [2.45, 2.75) is 65.0 Å². The summed E-state index contributed by atoms with van der Waals surface area (Å²) in [6.07, 6.45) is 1.06. The number of amides is 4. The Hall–Kier alpha value is -3.84. The standard InChI is InChI=1S/C32H37ClN4O3/c1-6-32(4,5)36-29(38)19-37-28-17-21(3)9-16-25(28)26(22-10-12-23(33)13-11-22)18-27(30(37)39)35-31(40)34-24-14-7-20(2)8-15-24/h7-17,26-27H,6,18-19H2,1-5H3,(H,36,38)(H2,34,35,40). The molecule has 0 fully saturated rings. The molecule has 3 N–H and O–H groups in total. The second-order valence-electron chi connectivity index (χ2n) is 11.1. The van der Waals surface area contributed by atoms with Gasteiger partial charge in [-0.15, -0.1) is 0 Å². The fourth-order valence-corrected chi connectivity index (χ4v) is 4.98. The first kappa shape index (κ1) is 29.2. The van der Waals surface area contributed by atoms with Gasteiger partial charge in [0.25, 0.3) is 0 Å². The number of nitrogens with zero attached hydrogens (tertiary/aromatic N) is 1. The molecule has 210 valence electrons. The van der Waals surface area contributed by atoms with E-state index in [1.807, 2.05) is 101 Å². The third-order valence-corrected chi connectivity index (χ3v) is 7.69. The molecule has 3 aromatic rings. The molecule has 8 heteroatoms. The van der Waals surface area contributed by atoms with Crippen LogP contribution in [0.1, 0.15) is 61.8 Å². The van der Waals surface area contributed by atoms with Crippen LogP contribution >= 0.6 is 11.6 Å². The van der Waals surface area contributed by atoms with E-state index < -0.39 is 17.6 Å². The van der Waals surface area contributed by atoms with Crippen LogP contribution in [0.5, 0.6) is 0 Å². The maximum Gasteiger partial charge on any atom is 0.319 e. The number of rotatable bonds is 7. The first-order valence-corrected chi connectivity index (χ1v) is 14.0. The predicted octanol–water partition coefficient (Wildman–Crippen LogP) is 6.32. The molecule has 1 aliphatic rings. The van der Waals surface area contributed by atoms with Gasteiger partial charge in [0.15, 0.2) is 0 Å². The fraction of sp³-hybridized carbons (Fsp3) is 0.344. The van der Waals surface area contributed by atoms with Crippen molar-refractivity contribution >= 4 is 40.8 Å². The molecule has 4 rings (SSSR count). The Labute approximate surface area is 241 Å². The molecule has 2 unspecified atom stereocenters. The highest BCUT2D eigenvalue weighted by Crippen LogP contribution is 2.40. The molecule has 4 amide bonds. The minimum Gasteiger partial charge on any atom is -0.350 e. The minimum atomic E-state index is -0.884. The number of carbonyl (C=O) groups excluding carboxylic acids is 3. The molecular weight excluding hydrogens is 524 g/mol. The zero-order valence-electron chi connectivity index (χ0n) is 23.7. The van der Waals surface area contributed by atoms with Gasteiger partial charge in [-0.2, -0.15) is 0 Å². The van der Waals surface area contributed by atoms with Crippen molar-refractivity contribution in [3.05, 3.63) is 94.0 Å². The van der Waals surface area contributed by atoms with Crippen LogP contribution in [0.3, 0.4) is 0 Å². The fourth-order valence-electron chi connectivity index (χ4n) is 4.86. The molecule has 0 aliphatic carbocycles. The molecule has 1 heterocycles.